The van der Waals surface area contributed by atoms with Crippen LogP contribution < -0.4 is 20.7 Å². The second-order valence-corrected chi connectivity index (χ2v) is 6.53. The quantitative estimate of drug-likeness (QED) is 0.428. The van der Waals surface area contributed by atoms with Gasteiger partial charge in [0.25, 0.3) is 5.56 Å². The Hall–Kier alpha value is -4.60. The highest BCUT2D eigenvalue weighted by atomic mass is 16.5. The molecule has 32 heavy (non-hydrogen) atoms. The van der Waals surface area contributed by atoms with Crippen LogP contribution in [0.1, 0.15) is 11.3 Å². The van der Waals surface area contributed by atoms with Gasteiger partial charge in [-0.15, -0.1) is 0 Å². The number of nitrogens with one attached hydrogen (secondary N) is 1. The standard InChI is InChI=1S/C22H18N4O6/c1-30-17-6-2-3-7-18(17)32-19-9-8-14(11-24-19)23-12-16-20(27)25-22(29)26(21(16)28)13-15-5-4-10-31-15/h2-12,28H,13H2,1H3,(H,25,27,29). The third-order valence-electron chi connectivity index (χ3n) is 4.45. The van der Waals surface area contributed by atoms with Crippen molar-refractivity contribution in [3.8, 4) is 23.3 Å². The van der Waals surface area contributed by atoms with Crippen molar-refractivity contribution < 1.29 is 19.0 Å². The highest BCUT2D eigenvalue weighted by molar-refractivity contribution is 5.83. The second-order valence-electron chi connectivity index (χ2n) is 6.53. The molecule has 0 bridgehead atoms. The number of ether oxygens (including phenoxy) is 2. The lowest BCUT2D eigenvalue weighted by atomic mass is 10.3. The van der Waals surface area contributed by atoms with Crippen LogP contribution in [-0.4, -0.2) is 33.0 Å². The predicted octanol–water partition coefficient (Wildman–Crippen LogP) is 2.83. The zero-order chi connectivity index (χ0) is 22.5. The number of aromatic amines is 1. The van der Waals surface area contributed by atoms with E-state index in [0.717, 1.165) is 10.8 Å². The number of hydrogen-bond donors (Lipinski definition) is 2. The number of para-hydroxylation sites is 2. The number of H-pyrrole nitrogens is 1. The fourth-order valence-corrected chi connectivity index (χ4v) is 2.86. The molecule has 0 saturated carbocycles. The summed E-state index contributed by atoms with van der Waals surface area (Å²) in [5.41, 5.74) is -1.30. The number of pyridine rings is 1. The molecular formula is C22H18N4O6. The summed E-state index contributed by atoms with van der Waals surface area (Å²) in [5.74, 6) is 1.31. The van der Waals surface area contributed by atoms with Gasteiger partial charge in [0, 0.05) is 12.3 Å². The molecule has 10 heteroatoms. The first-order chi connectivity index (χ1) is 15.5. The Bertz CT molecular complexity index is 1350. The average molecular weight is 434 g/mol. The van der Waals surface area contributed by atoms with Crippen molar-refractivity contribution in [1.82, 2.24) is 14.5 Å². The van der Waals surface area contributed by atoms with Crippen LogP contribution >= 0.6 is 0 Å². The zero-order valence-electron chi connectivity index (χ0n) is 16.9. The van der Waals surface area contributed by atoms with Crippen LogP contribution in [-0.2, 0) is 6.54 Å². The van der Waals surface area contributed by atoms with Crippen LogP contribution in [0.25, 0.3) is 0 Å². The van der Waals surface area contributed by atoms with Gasteiger partial charge in [0.1, 0.15) is 11.3 Å². The van der Waals surface area contributed by atoms with Crippen molar-refractivity contribution in [2.75, 3.05) is 7.11 Å². The second kappa shape index (κ2) is 9.04. The maximum absolute atomic E-state index is 12.2. The lowest BCUT2D eigenvalue weighted by molar-refractivity contribution is 0.374. The normalized spacial score (nSPS) is 11.0. The molecule has 0 fully saturated rings. The van der Waals surface area contributed by atoms with E-state index in [4.69, 9.17) is 13.9 Å². The molecule has 0 amide bonds. The maximum Gasteiger partial charge on any atom is 0.331 e. The van der Waals surface area contributed by atoms with Crippen LogP contribution in [0.2, 0.25) is 0 Å². The van der Waals surface area contributed by atoms with Gasteiger partial charge < -0.3 is 19.0 Å². The minimum atomic E-state index is -0.768. The van der Waals surface area contributed by atoms with E-state index in [1.807, 2.05) is 12.1 Å². The van der Waals surface area contributed by atoms with Gasteiger partial charge in [-0.25, -0.2) is 9.78 Å². The minimum absolute atomic E-state index is 0.0498. The van der Waals surface area contributed by atoms with E-state index in [2.05, 4.69) is 15.0 Å². The summed E-state index contributed by atoms with van der Waals surface area (Å²) >= 11 is 0. The number of aromatic hydroxyl groups is 1. The van der Waals surface area contributed by atoms with E-state index in [0.29, 0.717) is 28.8 Å². The molecule has 3 heterocycles. The summed E-state index contributed by atoms with van der Waals surface area (Å²) in [5, 5.41) is 10.4. The molecule has 0 radical (unpaired) electrons. The number of methoxy groups -OCH3 is 1. The molecule has 3 aromatic heterocycles. The molecule has 0 saturated heterocycles. The fraction of sp³-hybridized carbons (Fsp3) is 0.0909. The fourth-order valence-electron chi connectivity index (χ4n) is 2.86. The number of aromatic nitrogens is 3. The van der Waals surface area contributed by atoms with E-state index in [1.54, 1.807) is 43.5 Å². The molecule has 4 aromatic rings. The van der Waals surface area contributed by atoms with Crippen molar-refractivity contribution in [1.29, 1.82) is 0 Å². The van der Waals surface area contributed by atoms with Gasteiger partial charge in [-0.1, -0.05) is 12.1 Å². The van der Waals surface area contributed by atoms with Crippen LogP contribution in [0.5, 0.6) is 23.3 Å². The summed E-state index contributed by atoms with van der Waals surface area (Å²) in [6, 6.07) is 13.7. The van der Waals surface area contributed by atoms with Crippen LogP contribution in [0, 0.1) is 0 Å². The molecule has 0 aliphatic rings. The monoisotopic (exact) mass is 434 g/mol. The number of rotatable bonds is 7. The van der Waals surface area contributed by atoms with Gasteiger partial charge in [-0.05, 0) is 30.3 Å². The van der Waals surface area contributed by atoms with Crippen molar-refractivity contribution in [3.63, 3.8) is 0 Å². The molecule has 0 aliphatic carbocycles. The largest absolute Gasteiger partial charge is 0.494 e. The third-order valence-corrected chi connectivity index (χ3v) is 4.45. The van der Waals surface area contributed by atoms with Crippen molar-refractivity contribution in [2.45, 2.75) is 6.54 Å². The Morgan fingerprint density at radius 1 is 1.16 bits per heavy atom. The lowest BCUT2D eigenvalue weighted by Gasteiger charge is -2.09. The average Bonchev–Trinajstić information content (AvgIpc) is 3.31. The molecule has 162 valence electrons. The summed E-state index contributed by atoms with van der Waals surface area (Å²) in [7, 11) is 1.54. The first-order valence-corrected chi connectivity index (χ1v) is 9.44. The zero-order valence-corrected chi connectivity index (χ0v) is 16.9. The highest BCUT2D eigenvalue weighted by Gasteiger charge is 2.14. The molecule has 10 nitrogen and oxygen atoms in total. The number of furan rings is 1. The molecule has 0 atom stereocenters. The Morgan fingerprint density at radius 3 is 2.66 bits per heavy atom. The Balaban J connectivity index is 1.55. The Labute approximate surface area is 181 Å². The third kappa shape index (κ3) is 4.43. The topological polar surface area (TPSA) is 132 Å². The van der Waals surface area contributed by atoms with Gasteiger partial charge in [0.2, 0.25) is 11.8 Å². The van der Waals surface area contributed by atoms with Crippen LogP contribution in [0.4, 0.5) is 5.69 Å². The highest BCUT2D eigenvalue weighted by Crippen LogP contribution is 2.30. The van der Waals surface area contributed by atoms with E-state index < -0.39 is 17.1 Å². The molecular weight excluding hydrogens is 416 g/mol. The summed E-state index contributed by atoms with van der Waals surface area (Å²) < 4.78 is 17.1. The summed E-state index contributed by atoms with van der Waals surface area (Å²) in [4.78, 5) is 34.7. The number of hydrogen-bond acceptors (Lipinski definition) is 8. The molecule has 1 aromatic carbocycles. The smallest absolute Gasteiger partial charge is 0.331 e. The van der Waals surface area contributed by atoms with Gasteiger partial charge >= 0.3 is 5.69 Å². The van der Waals surface area contributed by atoms with E-state index >= 15 is 0 Å². The summed E-state index contributed by atoms with van der Waals surface area (Å²) in [6.45, 7) is -0.0498. The summed E-state index contributed by atoms with van der Waals surface area (Å²) in [6.07, 6.45) is 4.04. The van der Waals surface area contributed by atoms with E-state index in [-0.39, 0.29) is 12.1 Å². The lowest BCUT2D eigenvalue weighted by Crippen LogP contribution is -2.32. The van der Waals surface area contributed by atoms with Gasteiger partial charge in [0.15, 0.2) is 11.5 Å². The maximum atomic E-state index is 12.2. The molecule has 4 rings (SSSR count). The van der Waals surface area contributed by atoms with Crippen molar-refractivity contribution >= 4 is 11.9 Å². The first kappa shape index (κ1) is 20.7. The van der Waals surface area contributed by atoms with Crippen molar-refractivity contribution in [3.05, 3.63) is 93.2 Å². The molecule has 0 unspecified atom stereocenters. The molecule has 0 spiro atoms. The van der Waals surface area contributed by atoms with E-state index in [9.17, 15) is 14.7 Å². The number of nitrogens with zero attached hydrogens (tertiary/aromatic N) is 3. The van der Waals surface area contributed by atoms with E-state index in [1.165, 1.54) is 12.5 Å². The molecule has 2 N–H and O–H groups in total. The Morgan fingerprint density at radius 2 is 1.97 bits per heavy atom. The SMILES string of the molecule is COc1ccccc1Oc1ccc(N=Cc2c(O)n(Cc3ccco3)c(=O)[nH]c2=O)cn1. The first-order valence-electron chi connectivity index (χ1n) is 9.44. The minimum Gasteiger partial charge on any atom is -0.494 e. The predicted molar refractivity (Wildman–Crippen MR) is 115 cm³/mol. The van der Waals surface area contributed by atoms with Gasteiger partial charge in [-0.3, -0.25) is 19.3 Å². The van der Waals surface area contributed by atoms with Gasteiger partial charge in [-0.2, -0.15) is 0 Å². The Kier molecular flexibility index (Phi) is 5.84. The van der Waals surface area contributed by atoms with Crippen LogP contribution in [0.3, 0.4) is 0 Å². The number of benzene rings is 1. The van der Waals surface area contributed by atoms with Crippen molar-refractivity contribution in [2.24, 2.45) is 4.99 Å². The van der Waals surface area contributed by atoms with Crippen LogP contribution in [0.15, 0.2) is 80.0 Å². The number of aliphatic imine (C=N–C) groups is 1. The molecule has 0 aliphatic heterocycles. The van der Waals surface area contributed by atoms with Gasteiger partial charge in [0.05, 0.1) is 31.8 Å².